The maximum Gasteiger partial charge on any atom is 0.201 e. The molecule has 2 aromatic carbocycles. The molecule has 104 valence electrons. The van der Waals surface area contributed by atoms with Crippen molar-refractivity contribution in [2.75, 3.05) is 5.32 Å². The first-order valence-corrected chi connectivity index (χ1v) is 6.61. The van der Waals surface area contributed by atoms with Gasteiger partial charge in [-0.3, -0.25) is 0 Å². The zero-order chi connectivity index (χ0) is 13.2. The number of nitrogens with zero attached hydrogens (tertiary/aromatic N) is 1. The van der Waals surface area contributed by atoms with Crippen LogP contribution in [0.1, 0.15) is 5.56 Å². The molecule has 0 spiro atoms. The van der Waals surface area contributed by atoms with Gasteiger partial charge in [-0.15, -0.1) is 12.4 Å². The largest absolute Gasteiger partial charge is 0.352 e. The molecule has 3 nitrogen and oxygen atoms in total. The molecule has 0 saturated heterocycles. The Labute approximate surface area is 132 Å². The lowest BCUT2D eigenvalue weighted by molar-refractivity contribution is 1.10. The van der Waals surface area contributed by atoms with E-state index in [1.165, 1.54) is 0 Å². The van der Waals surface area contributed by atoms with Crippen LogP contribution in [0, 0.1) is 0 Å². The van der Waals surface area contributed by atoms with Crippen molar-refractivity contribution in [1.29, 1.82) is 0 Å². The molecule has 1 aromatic heterocycles. The molecule has 0 aliphatic heterocycles. The van der Waals surface area contributed by atoms with E-state index in [-0.39, 0.29) is 12.4 Å². The van der Waals surface area contributed by atoms with Crippen LogP contribution in [-0.2, 0) is 6.54 Å². The van der Waals surface area contributed by atoms with E-state index >= 15 is 0 Å². The molecular weight excluding hydrogens is 317 g/mol. The summed E-state index contributed by atoms with van der Waals surface area (Å²) in [4.78, 5) is 7.63. The van der Waals surface area contributed by atoms with Gasteiger partial charge >= 0.3 is 0 Å². The lowest BCUT2D eigenvalue weighted by Gasteiger charge is -2.07. The highest BCUT2D eigenvalue weighted by molar-refractivity contribution is 6.36. The Morgan fingerprint density at radius 1 is 1.00 bits per heavy atom. The third-order valence-corrected chi connectivity index (χ3v) is 3.59. The Morgan fingerprint density at radius 3 is 2.40 bits per heavy atom. The zero-order valence-corrected chi connectivity index (χ0v) is 12.7. The van der Waals surface area contributed by atoms with Crippen molar-refractivity contribution in [2.45, 2.75) is 6.54 Å². The monoisotopic (exact) mass is 327 g/mol. The van der Waals surface area contributed by atoms with Crippen molar-refractivity contribution in [3.63, 3.8) is 0 Å². The average molecular weight is 329 g/mol. The van der Waals surface area contributed by atoms with E-state index in [1.54, 1.807) is 0 Å². The van der Waals surface area contributed by atoms with Crippen LogP contribution in [0.5, 0.6) is 0 Å². The Balaban J connectivity index is 0.00000147. The Bertz CT molecular complexity index is 671. The zero-order valence-electron chi connectivity index (χ0n) is 10.4. The molecule has 20 heavy (non-hydrogen) atoms. The van der Waals surface area contributed by atoms with Gasteiger partial charge in [-0.1, -0.05) is 41.4 Å². The Hall–Kier alpha value is -1.42. The second-order valence-corrected chi connectivity index (χ2v) is 4.97. The molecule has 2 N–H and O–H groups in total. The van der Waals surface area contributed by atoms with Crippen LogP contribution >= 0.6 is 35.6 Å². The van der Waals surface area contributed by atoms with Crippen LogP contribution < -0.4 is 5.32 Å². The van der Waals surface area contributed by atoms with Crippen molar-refractivity contribution in [3.8, 4) is 0 Å². The average Bonchev–Trinajstić information content (AvgIpc) is 2.81. The molecular formula is C14H12Cl3N3. The highest BCUT2D eigenvalue weighted by Crippen LogP contribution is 2.25. The number of aromatic nitrogens is 2. The summed E-state index contributed by atoms with van der Waals surface area (Å²) in [6.45, 7) is 0.526. The standard InChI is InChI=1S/C14H11Cl2N3.ClH/c15-10-4-3-5-11(16)9(10)8-17-14-18-12-6-1-2-7-13(12)19-14;/h1-7H,8H2,(H2,17,18,19);1H. The van der Waals surface area contributed by atoms with Gasteiger partial charge in [0, 0.05) is 22.2 Å². The number of anilines is 1. The lowest BCUT2D eigenvalue weighted by Crippen LogP contribution is -2.02. The van der Waals surface area contributed by atoms with Crippen molar-refractivity contribution >= 4 is 52.6 Å². The van der Waals surface area contributed by atoms with Gasteiger partial charge < -0.3 is 10.3 Å². The molecule has 0 bridgehead atoms. The van der Waals surface area contributed by atoms with Crippen molar-refractivity contribution in [3.05, 3.63) is 58.1 Å². The van der Waals surface area contributed by atoms with Gasteiger partial charge in [-0.2, -0.15) is 0 Å². The number of rotatable bonds is 3. The predicted octanol–water partition coefficient (Wildman–Crippen LogP) is 4.90. The number of hydrogen-bond donors (Lipinski definition) is 2. The molecule has 0 fully saturated rings. The predicted molar refractivity (Wildman–Crippen MR) is 87.1 cm³/mol. The number of para-hydroxylation sites is 2. The van der Waals surface area contributed by atoms with Gasteiger partial charge in [0.25, 0.3) is 0 Å². The lowest BCUT2D eigenvalue weighted by atomic mass is 10.2. The highest BCUT2D eigenvalue weighted by Gasteiger charge is 2.06. The maximum atomic E-state index is 6.12. The first kappa shape index (κ1) is 15.0. The number of fused-ring (bicyclic) bond motifs is 1. The van der Waals surface area contributed by atoms with E-state index in [2.05, 4.69) is 15.3 Å². The third-order valence-electron chi connectivity index (χ3n) is 2.88. The van der Waals surface area contributed by atoms with E-state index in [4.69, 9.17) is 23.2 Å². The normalized spacial score (nSPS) is 10.3. The molecule has 0 radical (unpaired) electrons. The second kappa shape index (κ2) is 6.35. The number of aromatic amines is 1. The second-order valence-electron chi connectivity index (χ2n) is 4.16. The Kier molecular flexibility index (Phi) is 4.76. The minimum absolute atomic E-state index is 0. The van der Waals surface area contributed by atoms with Gasteiger partial charge in [0.05, 0.1) is 11.0 Å². The van der Waals surface area contributed by atoms with Crippen LogP contribution in [0.2, 0.25) is 10.0 Å². The summed E-state index contributed by atoms with van der Waals surface area (Å²) in [5.74, 6) is 0.706. The van der Waals surface area contributed by atoms with Crippen LogP contribution in [0.3, 0.4) is 0 Å². The van der Waals surface area contributed by atoms with Gasteiger partial charge in [-0.25, -0.2) is 4.98 Å². The van der Waals surface area contributed by atoms with E-state index in [1.807, 2.05) is 42.5 Å². The summed E-state index contributed by atoms with van der Waals surface area (Å²) in [5, 5.41) is 4.49. The fraction of sp³-hybridized carbons (Fsp3) is 0.0714. The van der Waals surface area contributed by atoms with Crippen LogP contribution in [0.4, 0.5) is 5.95 Å². The minimum atomic E-state index is 0. The number of imidazole rings is 1. The highest BCUT2D eigenvalue weighted by atomic mass is 35.5. The fourth-order valence-corrected chi connectivity index (χ4v) is 2.44. The molecule has 1 heterocycles. The molecule has 0 aliphatic rings. The van der Waals surface area contributed by atoms with Crippen molar-refractivity contribution in [2.24, 2.45) is 0 Å². The quantitative estimate of drug-likeness (QED) is 0.717. The van der Waals surface area contributed by atoms with E-state index < -0.39 is 0 Å². The van der Waals surface area contributed by atoms with Crippen molar-refractivity contribution < 1.29 is 0 Å². The molecule has 0 amide bonds. The smallest absolute Gasteiger partial charge is 0.201 e. The topological polar surface area (TPSA) is 40.7 Å². The minimum Gasteiger partial charge on any atom is -0.352 e. The van der Waals surface area contributed by atoms with Crippen molar-refractivity contribution in [1.82, 2.24) is 9.97 Å². The van der Waals surface area contributed by atoms with Gasteiger partial charge in [0.1, 0.15) is 0 Å². The summed E-state index contributed by atoms with van der Waals surface area (Å²) in [6.07, 6.45) is 0. The Morgan fingerprint density at radius 2 is 1.70 bits per heavy atom. The maximum absolute atomic E-state index is 6.12. The summed E-state index contributed by atoms with van der Waals surface area (Å²) in [7, 11) is 0. The van der Waals surface area contributed by atoms with E-state index in [0.29, 0.717) is 22.5 Å². The first-order valence-electron chi connectivity index (χ1n) is 5.85. The molecule has 3 rings (SSSR count). The summed E-state index contributed by atoms with van der Waals surface area (Å²) in [6, 6.07) is 13.3. The summed E-state index contributed by atoms with van der Waals surface area (Å²) >= 11 is 12.2. The SMILES string of the molecule is Cl.Clc1cccc(Cl)c1CNc1nc2ccccc2[nH]1. The molecule has 6 heteroatoms. The van der Waals surface area contributed by atoms with Crippen LogP contribution in [0.15, 0.2) is 42.5 Å². The van der Waals surface area contributed by atoms with Crippen LogP contribution in [-0.4, -0.2) is 9.97 Å². The molecule has 0 saturated carbocycles. The number of nitrogens with one attached hydrogen (secondary N) is 2. The van der Waals surface area contributed by atoms with Gasteiger partial charge in [-0.05, 0) is 24.3 Å². The molecule has 0 unspecified atom stereocenters. The number of halogens is 3. The van der Waals surface area contributed by atoms with Gasteiger partial charge in [0.2, 0.25) is 5.95 Å². The first-order chi connectivity index (χ1) is 9.24. The van der Waals surface area contributed by atoms with Gasteiger partial charge in [0.15, 0.2) is 0 Å². The number of hydrogen-bond acceptors (Lipinski definition) is 2. The van der Waals surface area contributed by atoms with E-state index in [9.17, 15) is 0 Å². The summed E-state index contributed by atoms with van der Waals surface area (Å²) < 4.78 is 0. The van der Waals surface area contributed by atoms with E-state index in [0.717, 1.165) is 16.6 Å². The molecule has 0 atom stereocenters. The van der Waals surface area contributed by atoms with Crippen LogP contribution in [0.25, 0.3) is 11.0 Å². The number of H-pyrrole nitrogens is 1. The fourth-order valence-electron chi connectivity index (χ4n) is 1.91. The third kappa shape index (κ3) is 3.01. The molecule has 3 aromatic rings. The number of benzene rings is 2. The molecule has 0 aliphatic carbocycles. The summed E-state index contributed by atoms with van der Waals surface area (Å²) in [5.41, 5.74) is 2.79.